The summed E-state index contributed by atoms with van der Waals surface area (Å²) in [7, 11) is 0. The third-order valence-electron chi connectivity index (χ3n) is 2.48. The highest BCUT2D eigenvalue weighted by molar-refractivity contribution is 5.38. The average molecular weight is 282 g/mol. The van der Waals surface area contributed by atoms with Gasteiger partial charge in [-0.05, 0) is 36.8 Å². The van der Waals surface area contributed by atoms with E-state index in [1.165, 1.54) is 12.1 Å². The van der Waals surface area contributed by atoms with E-state index in [4.69, 9.17) is 4.74 Å². The zero-order valence-electron chi connectivity index (χ0n) is 11.7. The lowest BCUT2D eigenvalue weighted by Gasteiger charge is -2.11. The molecule has 0 atom stereocenters. The maximum absolute atomic E-state index is 12.5. The lowest BCUT2D eigenvalue weighted by atomic mass is 10.2. The second-order valence-electron chi connectivity index (χ2n) is 3.89. The van der Waals surface area contributed by atoms with E-state index in [-0.39, 0.29) is 5.75 Å². The maximum atomic E-state index is 12.5. The molecular weight excluding hydrogens is 265 g/mol. The lowest BCUT2D eigenvalue weighted by Crippen LogP contribution is -2.04. The van der Waals surface area contributed by atoms with Crippen molar-refractivity contribution in [3.8, 4) is 11.5 Å². The van der Waals surface area contributed by atoms with Crippen molar-refractivity contribution in [1.29, 1.82) is 0 Å². The Bertz CT molecular complexity index is 547. The van der Waals surface area contributed by atoms with Crippen LogP contribution in [0.25, 0.3) is 0 Å². The van der Waals surface area contributed by atoms with Gasteiger partial charge in [-0.2, -0.15) is 13.2 Å². The molecule has 0 amide bonds. The van der Waals surface area contributed by atoms with Crippen molar-refractivity contribution < 1.29 is 17.9 Å². The number of aryl methyl sites for hydroxylation is 1. The Morgan fingerprint density at radius 1 is 0.900 bits per heavy atom. The fraction of sp³-hybridized carbons (Fsp3) is 0.250. The van der Waals surface area contributed by atoms with E-state index in [0.29, 0.717) is 5.75 Å². The zero-order chi connectivity index (χ0) is 15.2. The molecule has 2 aromatic carbocycles. The van der Waals surface area contributed by atoms with Gasteiger partial charge in [0, 0.05) is 0 Å². The summed E-state index contributed by atoms with van der Waals surface area (Å²) in [4.78, 5) is 0. The van der Waals surface area contributed by atoms with Crippen LogP contribution in [0.1, 0.15) is 25.0 Å². The Labute approximate surface area is 117 Å². The Kier molecular flexibility index (Phi) is 5.62. The quantitative estimate of drug-likeness (QED) is 0.673. The summed E-state index contributed by atoms with van der Waals surface area (Å²) in [6, 6.07) is 12.0. The molecule has 0 aromatic heterocycles. The number of halogens is 3. The molecule has 2 aromatic rings. The minimum Gasteiger partial charge on any atom is -0.457 e. The van der Waals surface area contributed by atoms with Gasteiger partial charge < -0.3 is 4.74 Å². The van der Waals surface area contributed by atoms with Crippen molar-refractivity contribution in [2.75, 3.05) is 0 Å². The molecule has 0 radical (unpaired) electrons. The molecule has 108 valence electrons. The molecule has 0 N–H and O–H groups in total. The normalized spacial score (nSPS) is 10.5. The predicted octanol–water partition coefficient (Wildman–Crippen LogP) is 5.83. The first-order valence-electron chi connectivity index (χ1n) is 6.37. The maximum Gasteiger partial charge on any atom is 0.416 e. The van der Waals surface area contributed by atoms with Gasteiger partial charge in [0.15, 0.2) is 0 Å². The van der Waals surface area contributed by atoms with E-state index in [0.717, 1.165) is 17.7 Å². The third kappa shape index (κ3) is 4.30. The van der Waals surface area contributed by atoms with E-state index in [1.54, 1.807) is 12.1 Å². The number of ether oxygens (including phenoxy) is 1. The second-order valence-corrected chi connectivity index (χ2v) is 3.89. The SMILES string of the molecule is CC.Cc1ccccc1Oc1cccc(C(F)(F)F)c1. The first-order valence-corrected chi connectivity index (χ1v) is 6.37. The Morgan fingerprint density at radius 2 is 1.55 bits per heavy atom. The van der Waals surface area contributed by atoms with E-state index >= 15 is 0 Å². The smallest absolute Gasteiger partial charge is 0.416 e. The van der Waals surface area contributed by atoms with Crippen LogP contribution in [0.4, 0.5) is 13.2 Å². The molecule has 2 rings (SSSR count). The number of alkyl halides is 3. The summed E-state index contributed by atoms with van der Waals surface area (Å²) in [5.74, 6) is 0.732. The summed E-state index contributed by atoms with van der Waals surface area (Å²) in [6.07, 6.45) is -4.36. The van der Waals surface area contributed by atoms with Crippen molar-refractivity contribution in [3.05, 3.63) is 59.7 Å². The standard InChI is InChI=1S/C14H11F3O.C2H6/c1-10-5-2-3-8-13(10)18-12-7-4-6-11(9-12)14(15,16)17;1-2/h2-9H,1H3;1-2H3. The van der Waals surface area contributed by atoms with Gasteiger partial charge in [-0.3, -0.25) is 0 Å². The Balaban J connectivity index is 0.000000956. The van der Waals surface area contributed by atoms with Crippen molar-refractivity contribution in [2.24, 2.45) is 0 Å². The minimum absolute atomic E-state index is 0.180. The molecular formula is C16H17F3O. The Hall–Kier alpha value is -1.97. The van der Waals surface area contributed by atoms with E-state index in [9.17, 15) is 13.2 Å². The number of hydrogen-bond acceptors (Lipinski definition) is 1. The molecule has 0 aliphatic heterocycles. The molecule has 0 unspecified atom stereocenters. The first-order chi connectivity index (χ1) is 9.47. The summed E-state index contributed by atoms with van der Waals surface area (Å²) in [5, 5.41) is 0. The molecule has 0 bridgehead atoms. The van der Waals surface area contributed by atoms with Crippen molar-refractivity contribution in [1.82, 2.24) is 0 Å². The summed E-state index contributed by atoms with van der Waals surface area (Å²) in [5.41, 5.74) is 0.156. The van der Waals surface area contributed by atoms with Crippen molar-refractivity contribution >= 4 is 0 Å². The number of para-hydroxylation sites is 1. The fourth-order valence-corrected chi connectivity index (χ4v) is 1.53. The van der Waals surface area contributed by atoms with Crippen LogP contribution in [0.3, 0.4) is 0 Å². The van der Waals surface area contributed by atoms with Gasteiger partial charge in [0.05, 0.1) is 5.56 Å². The third-order valence-corrected chi connectivity index (χ3v) is 2.48. The van der Waals surface area contributed by atoms with Crippen LogP contribution in [-0.2, 0) is 6.18 Å². The number of hydrogen-bond donors (Lipinski definition) is 0. The highest BCUT2D eigenvalue weighted by Gasteiger charge is 2.30. The van der Waals surface area contributed by atoms with Crippen molar-refractivity contribution in [3.63, 3.8) is 0 Å². The van der Waals surface area contributed by atoms with E-state index < -0.39 is 11.7 Å². The molecule has 0 heterocycles. The fourth-order valence-electron chi connectivity index (χ4n) is 1.53. The summed E-state index contributed by atoms with van der Waals surface area (Å²) >= 11 is 0. The molecule has 0 fully saturated rings. The lowest BCUT2D eigenvalue weighted by molar-refractivity contribution is -0.137. The molecule has 20 heavy (non-hydrogen) atoms. The topological polar surface area (TPSA) is 9.23 Å². The minimum atomic E-state index is -4.36. The molecule has 0 saturated carbocycles. The average Bonchev–Trinajstić information content (AvgIpc) is 2.43. The number of benzene rings is 2. The Morgan fingerprint density at radius 3 is 2.15 bits per heavy atom. The van der Waals surface area contributed by atoms with Gasteiger partial charge in [-0.25, -0.2) is 0 Å². The van der Waals surface area contributed by atoms with Gasteiger partial charge in [0.2, 0.25) is 0 Å². The largest absolute Gasteiger partial charge is 0.457 e. The summed E-state index contributed by atoms with van der Waals surface area (Å²) < 4.78 is 43.0. The molecule has 0 spiro atoms. The molecule has 0 aliphatic carbocycles. The zero-order valence-corrected chi connectivity index (χ0v) is 11.7. The van der Waals surface area contributed by atoms with Crippen molar-refractivity contribution in [2.45, 2.75) is 26.9 Å². The monoisotopic (exact) mass is 282 g/mol. The molecule has 0 saturated heterocycles. The summed E-state index contributed by atoms with van der Waals surface area (Å²) in [6.45, 7) is 5.84. The van der Waals surface area contributed by atoms with E-state index in [2.05, 4.69) is 0 Å². The van der Waals surface area contributed by atoms with Gasteiger partial charge in [0.25, 0.3) is 0 Å². The van der Waals surface area contributed by atoms with Crippen LogP contribution in [-0.4, -0.2) is 0 Å². The van der Waals surface area contributed by atoms with Gasteiger partial charge in [0.1, 0.15) is 11.5 Å². The highest BCUT2D eigenvalue weighted by Crippen LogP contribution is 2.33. The molecule has 4 heteroatoms. The first kappa shape index (κ1) is 16.1. The predicted molar refractivity (Wildman–Crippen MR) is 74.0 cm³/mol. The van der Waals surface area contributed by atoms with Crippen LogP contribution in [0.2, 0.25) is 0 Å². The number of rotatable bonds is 2. The molecule has 1 nitrogen and oxygen atoms in total. The molecule has 0 aliphatic rings. The second kappa shape index (κ2) is 6.98. The van der Waals surface area contributed by atoms with Crippen LogP contribution in [0.5, 0.6) is 11.5 Å². The van der Waals surface area contributed by atoms with Crippen LogP contribution in [0, 0.1) is 6.92 Å². The highest BCUT2D eigenvalue weighted by atomic mass is 19.4. The van der Waals surface area contributed by atoms with Gasteiger partial charge >= 0.3 is 6.18 Å². The van der Waals surface area contributed by atoms with Crippen LogP contribution >= 0.6 is 0 Å². The van der Waals surface area contributed by atoms with E-state index in [1.807, 2.05) is 32.9 Å². The van der Waals surface area contributed by atoms with Gasteiger partial charge in [-0.15, -0.1) is 0 Å². The van der Waals surface area contributed by atoms with Crippen LogP contribution in [0.15, 0.2) is 48.5 Å². The van der Waals surface area contributed by atoms with Gasteiger partial charge in [-0.1, -0.05) is 38.1 Å². The van der Waals surface area contributed by atoms with Crippen LogP contribution < -0.4 is 4.74 Å².